The lowest BCUT2D eigenvalue weighted by Gasteiger charge is -2.14. The molecule has 152 valence electrons. The van der Waals surface area contributed by atoms with Gasteiger partial charge in [0.05, 0.1) is 12.2 Å². The highest BCUT2D eigenvalue weighted by Gasteiger charge is 2.17. The lowest BCUT2D eigenvalue weighted by molar-refractivity contribution is 0.168. The van der Waals surface area contributed by atoms with Crippen molar-refractivity contribution in [1.82, 2.24) is 14.7 Å². The van der Waals surface area contributed by atoms with Gasteiger partial charge in [0.1, 0.15) is 7.11 Å². The summed E-state index contributed by atoms with van der Waals surface area (Å²) in [5, 5.41) is 13.5. The van der Waals surface area contributed by atoms with Gasteiger partial charge >= 0.3 is 0 Å². The number of aliphatic hydroxyl groups excluding tert-OH is 1. The molecule has 0 spiro atoms. The predicted molar refractivity (Wildman–Crippen MR) is 117 cm³/mol. The van der Waals surface area contributed by atoms with Crippen LogP contribution in [0.1, 0.15) is 11.1 Å². The number of pyridine rings is 1. The molecule has 2 N–H and O–H groups in total. The molecule has 0 unspecified atom stereocenters. The number of fused-ring (bicyclic) bond motifs is 1. The number of nitrogens with zero attached hydrogens (tertiary/aromatic N) is 3. The molecule has 30 heavy (non-hydrogen) atoms. The van der Waals surface area contributed by atoms with Crippen molar-refractivity contribution >= 4 is 34.3 Å². The molecule has 2 aromatic heterocycles. The molecule has 4 rings (SSSR count). The van der Waals surface area contributed by atoms with Gasteiger partial charge in [0.25, 0.3) is 5.56 Å². The van der Waals surface area contributed by atoms with E-state index in [9.17, 15) is 9.90 Å². The van der Waals surface area contributed by atoms with E-state index in [1.165, 1.54) is 7.11 Å². The van der Waals surface area contributed by atoms with Crippen molar-refractivity contribution in [3.63, 3.8) is 0 Å². The molecule has 0 radical (unpaired) electrons. The average Bonchev–Trinajstić information content (AvgIpc) is 2.74. The number of anilines is 2. The number of halogens is 1. The summed E-state index contributed by atoms with van der Waals surface area (Å²) in [6, 6.07) is 14.5. The van der Waals surface area contributed by atoms with Crippen molar-refractivity contribution in [1.29, 1.82) is 0 Å². The average molecular weight is 423 g/mol. The molecule has 0 atom stereocenters. The van der Waals surface area contributed by atoms with Crippen LogP contribution in [0.2, 0.25) is 5.02 Å². The number of aliphatic hydroxyl groups is 1. The Bertz CT molecular complexity index is 1280. The third-order valence-corrected chi connectivity index (χ3v) is 5.06. The van der Waals surface area contributed by atoms with Crippen LogP contribution in [0.3, 0.4) is 0 Å². The summed E-state index contributed by atoms with van der Waals surface area (Å²) in [7, 11) is 1.41. The van der Waals surface area contributed by atoms with Crippen LogP contribution in [0.5, 0.6) is 0 Å². The SMILES string of the molecule is COn1c(=O)c(-c2c(C)cccc2Cl)cc2cnc(Nc3cccc(CO)c3)nc21. The van der Waals surface area contributed by atoms with Crippen LogP contribution in [0.15, 0.2) is 59.5 Å². The van der Waals surface area contributed by atoms with Gasteiger partial charge in [0, 0.05) is 27.9 Å². The van der Waals surface area contributed by atoms with Crippen LogP contribution < -0.4 is 15.7 Å². The van der Waals surface area contributed by atoms with E-state index in [1.54, 1.807) is 24.4 Å². The first-order chi connectivity index (χ1) is 14.5. The van der Waals surface area contributed by atoms with E-state index in [0.717, 1.165) is 21.5 Å². The third-order valence-electron chi connectivity index (χ3n) is 4.74. The number of nitrogens with one attached hydrogen (secondary N) is 1. The van der Waals surface area contributed by atoms with Crippen molar-refractivity contribution in [3.05, 3.63) is 81.2 Å². The molecule has 0 aliphatic rings. The van der Waals surface area contributed by atoms with Crippen molar-refractivity contribution in [2.75, 3.05) is 12.4 Å². The highest BCUT2D eigenvalue weighted by atomic mass is 35.5. The zero-order valence-corrected chi connectivity index (χ0v) is 17.1. The highest BCUT2D eigenvalue weighted by molar-refractivity contribution is 6.33. The zero-order chi connectivity index (χ0) is 21.3. The maximum atomic E-state index is 13.1. The second-order valence-corrected chi connectivity index (χ2v) is 7.14. The molecule has 0 saturated carbocycles. The Morgan fingerprint density at radius 3 is 2.73 bits per heavy atom. The van der Waals surface area contributed by atoms with Crippen LogP contribution in [-0.4, -0.2) is 26.9 Å². The molecule has 7 nitrogen and oxygen atoms in total. The Balaban J connectivity index is 1.84. The summed E-state index contributed by atoms with van der Waals surface area (Å²) >= 11 is 6.37. The third kappa shape index (κ3) is 3.60. The summed E-state index contributed by atoms with van der Waals surface area (Å²) in [4.78, 5) is 27.3. The standard InChI is InChI=1S/C22H19ClN4O3/c1-13-5-3-8-18(23)19(13)17-10-15-11-24-22(26-20(15)27(30-2)21(17)29)25-16-7-4-6-14(9-16)12-28/h3-11,28H,12H2,1-2H3,(H,24,25,26). The Morgan fingerprint density at radius 2 is 2.00 bits per heavy atom. The van der Waals surface area contributed by atoms with Crippen molar-refractivity contribution in [2.45, 2.75) is 13.5 Å². The van der Waals surface area contributed by atoms with Crippen LogP contribution in [0.25, 0.3) is 22.2 Å². The number of hydrogen-bond donors (Lipinski definition) is 2. The molecule has 0 saturated heterocycles. The monoisotopic (exact) mass is 422 g/mol. The molecule has 0 aliphatic carbocycles. The number of benzene rings is 2. The highest BCUT2D eigenvalue weighted by Crippen LogP contribution is 2.30. The molecule has 2 aromatic carbocycles. The summed E-state index contributed by atoms with van der Waals surface area (Å²) in [5.41, 5.74) is 3.38. The maximum absolute atomic E-state index is 13.1. The smallest absolute Gasteiger partial charge is 0.293 e. The fourth-order valence-corrected chi connectivity index (χ4v) is 3.65. The zero-order valence-electron chi connectivity index (χ0n) is 16.4. The van der Waals surface area contributed by atoms with E-state index in [4.69, 9.17) is 16.4 Å². The van der Waals surface area contributed by atoms with Gasteiger partial charge in [0.2, 0.25) is 5.95 Å². The first-order valence-corrected chi connectivity index (χ1v) is 9.59. The number of aryl methyl sites for hydroxylation is 1. The molecule has 0 aliphatic heterocycles. The van der Waals surface area contributed by atoms with Crippen molar-refractivity contribution in [3.8, 4) is 11.1 Å². The molecule has 2 heterocycles. The minimum Gasteiger partial charge on any atom is -0.412 e. The van der Waals surface area contributed by atoms with Gasteiger partial charge in [-0.1, -0.05) is 35.9 Å². The Kier molecular flexibility index (Phi) is 5.39. The number of aromatic nitrogens is 3. The molecule has 4 aromatic rings. The van der Waals surface area contributed by atoms with Gasteiger partial charge < -0.3 is 15.3 Å². The second kappa shape index (κ2) is 8.14. The van der Waals surface area contributed by atoms with E-state index >= 15 is 0 Å². The van der Waals surface area contributed by atoms with Crippen LogP contribution in [-0.2, 0) is 6.61 Å². The molecular formula is C22H19ClN4O3. The lowest BCUT2D eigenvalue weighted by atomic mass is 10.0. The summed E-state index contributed by atoms with van der Waals surface area (Å²) < 4.78 is 1.13. The van der Waals surface area contributed by atoms with Crippen molar-refractivity contribution in [2.24, 2.45) is 0 Å². The lowest BCUT2D eigenvalue weighted by Crippen LogP contribution is -2.27. The normalized spacial score (nSPS) is 10.9. The maximum Gasteiger partial charge on any atom is 0.293 e. The predicted octanol–water partition coefficient (Wildman–Crippen LogP) is 3.71. The van der Waals surface area contributed by atoms with E-state index in [2.05, 4.69) is 15.3 Å². The van der Waals surface area contributed by atoms with Gasteiger partial charge in [-0.2, -0.15) is 4.98 Å². The molecule has 8 heteroatoms. The van der Waals surface area contributed by atoms with Gasteiger partial charge in [-0.05, 0) is 42.3 Å². The van der Waals surface area contributed by atoms with Gasteiger partial charge in [-0.3, -0.25) is 4.79 Å². The topological polar surface area (TPSA) is 89.3 Å². The minimum atomic E-state index is -0.367. The first kappa shape index (κ1) is 19.9. The Labute approximate surface area is 177 Å². The second-order valence-electron chi connectivity index (χ2n) is 6.73. The Hall–Kier alpha value is -3.42. The Morgan fingerprint density at radius 1 is 1.20 bits per heavy atom. The van der Waals surface area contributed by atoms with Gasteiger partial charge in [-0.25, -0.2) is 4.98 Å². The summed E-state index contributed by atoms with van der Waals surface area (Å²) in [6.45, 7) is 1.83. The fourth-order valence-electron chi connectivity index (χ4n) is 3.33. The largest absolute Gasteiger partial charge is 0.412 e. The minimum absolute atomic E-state index is 0.0679. The first-order valence-electron chi connectivity index (χ1n) is 9.21. The van der Waals surface area contributed by atoms with E-state index in [1.807, 2.05) is 37.3 Å². The van der Waals surface area contributed by atoms with Crippen LogP contribution >= 0.6 is 11.6 Å². The number of rotatable bonds is 5. The van der Waals surface area contributed by atoms with E-state index in [0.29, 0.717) is 33.1 Å². The van der Waals surface area contributed by atoms with Gasteiger partial charge in [0.15, 0.2) is 5.65 Å². The van der Waals surface area contributed by atoms with E-state index < -0.39 is 0 Å². The van der Waals surface area contributed by atoms with Crippen LogP contribution in [0.4, 0.5) is 11.6 Å². The number of hydrogen-bond acceptors (Lipinski definition) is 6. The molecule has 0 bridgehead atoms. The fraction of sp³-hybridized carbons (Fsp3) is 0.136. The summed E-state index contributed by atoms with van der Waals surface area (Å²) in [6.07, 6.45) is 1.62. The molecular weight excluding hydrogens is 404 g/mol. The van der Waals surface area contributed by atoms with Crippen molar-refractivity contribution < 1.29 is 9.94 Å². The molecule has 0 fully saturated rings. The van der Waals surface area contributed by atoms with Gasteiger partial charge in [-0.15, -0.1) is 4.73 Å². The summed E-state index contributed by atoms with van der Waals surface area (Å²) in [5.74, 6) is 0.296. The van der Waals surface area contributed by atoms with Crippen LogP contribution in [0, 0.1) is 6.92 Å². The van der Waals surface area contributed by atoms with E-state index in [-0.39, 0.29) is 12.2 Å². The molecule has 0 amide bonds. The quantitative estimate of drug-likeness (QED) is 0.509.